The van der Waals surface area contributed by atoms with Crippen molar-refractivity contribution in [3.8, 4) is 0 Å². The second-order valence-corrected chi connectivity index (χ2v) is 4.53. The molecule has 2 nitrogen and oxygen atoms in total. The lowest BCUT2D eigenvalue weighted by Crippen LogP contribution is -2.28. The van der Waals surface area contributed by atoms with E-state index in [0.717, 1.165) is 29.7 Å². The van der Waals surface area contributed by atoms with Crippen molar-refractivity contribution >= 4 is 15.9 Å². The molecule has 4 heteroatoms. The summed E-state index contributed by atoms with van der Waals surface area (Å²) in [6, 6.07) is 5.14. The Hall–Kier alpha value is -0.450. The van der Waals surface area contributed by atoms with E-state index in [4.69, 9.17) is 4.74 Å². The van der Waals surface area contributed by atoms with Gasteiger partial charge in [0.15, 0.2) is 0 Å². The zero-order valence-electron chi connectivity index (χ0n) is 8.30. The Labute approximate surface area is 96.9 Å². The first kappa shape index (κ1) is 11.0. The van der Waals surface area contributed by atoms with Gasteiger partial charge in [0.2, 0.25) is 0 Å². The van der Waals surface area contributed by atoms with E-state index in [1.807, 2.05) is 0 Å². The van der Waals surface area contributed by atoms with Crippen LogP contribution in [0.4, 0.5) is 4.39 Å². The van der Waals surface area contributed by atoms with Crippen molar-refractivity contribution in [1.82, 2.24) is 5.32 Å². The number of rotatable bonds is 3. The molecule has 1 aliphatic rings. The highest BCUT2D eigenvalue weighted by Crippen LogP contribution is 2.18. The molecule has 0 radical (unpaired) electrons. The van der Waals surface area contributed by atoms with Gasteiger partial charge in [-0.2, -0.15) is 0 Å². The van der Waals surface area contributed by atoms with Gasteiger partial charge in [-0.1, -0.05) is 15.9 Å². The molecule has 15 heavy (non-hydrogen) atoms. The lowest BCUT2D eigenvalue weighted by Gasteiger charge is -2.11. The van der Waals surface area contributed by atoms with Gasteiger partial charge in [0.25, 0.3) is 0 Å². The van der Waals surface area contributed by atoms with E-state index in [-0.39, 0.29) is 5.82 Å². The van der Waals surface area contributed by atoms with Crippen molar-refractivity contribution in [2.75, 3.05) is 13.2 Å². The smallest absolute Gasteiger partial charge is 0.123 e. The number of ether oxygens (including phenoxy) is 1. The van der Waals surface area contributed by atoms with Crippen LogP contribution in [-0.2, 0) is 11.3 Å². The second kappa shape index (κ2) is 5.05. The van der Waals surface area contributed by atoms with Gasteiger partial charge >= 0.3 is 0 Å². The van der Waals surface area contributed by atoms with Crippen molar-refractivity contribution in [3.05, 3.63) is 34.1 Å². The Balaban J connectivity index is 1.94. The molecule has 1 aliphatic heterocycles. The lowest BCUT2D eigenvalue weighted by atomic mass is 10.2. The largest absolute Gasteiger partial charge is 0.380 e. The standard InChI is InChI=1S/C11H13BrFNO/c12-11-2-1-9(13)5-8(11)6-14-10-3-4-15-7-10/h1-2,5,10,14H,3-4,6-7H2. The van der Waals surface area contributed by atoms with Crippen LogP contribution in [0.2, 0.25) is 0 Å². The summed E-state index contributed by atoms with van der Waals surface area (Å²) in [5.41, 5.74) is 0.946. The van der Waals surface area contributed by atoms with Crippen LogP contribution in [0, 0.1) is 5.82 Å². The monoisotopic (exact) mass is 273 g/mol. The fourth-order valence-electron chi connectivity index (χ4n) is 1.63. The molecule has 1 saturated heterocycles. The summed E-state index contributed by atoms with van der Waals surface area (Å²) >= 11 is 3.40. The van der Waals surface area contributed by atoms with Gasteiger partial charge in [-0.15, -0.1) is 0 Å². The molecule has 1 fully saturated rings. The summed E-state index contributed by atoms with van der Waals surface area (Å²) in [5, 5.41) is 3.34. The Morgan fingerprint density at radius 1 is 1.53 bits per heavy atom. The van der Waals surface area contributed by atoms with Crippen LogP contribution in [0.15, 0.2) is 22.7 Å². The molecule has 1 unspecified atom stereocenters. The van der Waals surface area contributed by atoms with Gasteiger partial charge in [0.05, 0.1) is 6.61 Å². The molecule has 1 N–H and O–H groups in total. The molecule has 1 heterocycles. The molecule has 0 bridgehead atoms. The number of benzene rings is 1. The summed E-state index contributed by atoms with van der Waals surface area (Å²) in [7, 11) is 0. The topological polar surface area (TPSA) is 21.3 Å². The summed E-state index contributed by atoms with van der Waals surface area (Å²) < 4.78 is 19.2. The SMILES string of the molecule is Fc1ccc(Br)c(CNC2CCOC2)c1. The second-order valence-electron chi connectivity index (χ2n) is 3.68. The fraction of sp³-hybridized carbons (Fsp3) is 0.455. The molecule has 1 aromatic rings. The Kier molecular flexibility index (Phi) is 3.72. The third-order valence-electron chi connectivity index (χ3n) is 2.52. The Bertz CT molecular complexity index is 339. The number of halogens is 2. The minimum absolute atomic E-state index is 0.197. The average molecular weight is 274 g/mol. The molecule has 0 aromatic heterocycles. The molecule has 82 valence electrons. The van der Waals surface area contributed by atoms with E-state index < -0.39 is 0 Å². The molecule has 1 atom stereocenters. The first-order valence-corrected chi connectivity index (χ1v) is 5.80. The number of hydrogen-bond donors (Lipinski definition) is 1. The number of hydrogen-bond acceptors (Lipinski definition) is 2. The molecular formula is C11H13BrFNO. The van der Waals surface area contributed by atoms with Gasteiger partial charge in [-0.25, -0.2) is 4.39 Å². The highest BCUT2D eigenvalue weighted by Gasteiger charge is 2.14. The molecule has 0 spiro atoms. The molecule has 1 aromatic carbocycles. The maximum Gasteiger partial charge on any atom is 0.123 e. The average Bonchev–Trinajstić information content (AvgIpc) is 2.72. The maximum atomic E-state index is 13.0. The first-order valence-electron chi connectivity index (χ1n) is 5.01. The van der Waals surface area contributed by atoms with Crippen LogP contribution < -0.4 is 5.32 Å². The van der Waals surface area contributed by atoms with Crippen molar-refractivity contribution < 1.29 is 9.13 Å². The van der Waals surface area contributed by atoms with Gasteiger partial charge in [0, 0.05) is 23.7 Å². The maximum absolute atomic E-state index is 13.0. The van der Waals surface area contributed by atoms with Gasteiger partial charge in [-0.05, 0) is 30.2 Å². The highest BCUT2D eigenvalue weighted by atomic mass is 79.9. The molecule has 0 amide bonds. The van der Waals surface area contributed by atoms with Gasteiger partial charge in [-0.3, -0.25) is 0 Å². The summed E-state index contributed by atoms with van der Waals surface area (Å²) in [6.07, 6.45) is 1.03. The van der Waals surface area contributed by atoms with Crippen molar-refractivity contribution in [2.45, 2.75) is 19.0 Å². The summed E-state index contributed by atoms with van der Waals surface area (Å²) in [5.74, 6) is -0.197. The van der Waals surface area contributed by atoms with Crippen LogP contribution in [0.5, 0.6) is 0 Å². The lowest BCUT2D eigenvalue weighted by molar-refractivity contribution is 0.190. The van der Waals surface area contributed by atoms with E-state index in [9.17, 15) is 4.39 Å². The quantitative estimate of drug-likeness (QED) is 0.914. The molecule has 2 rings (SSSR count). The van der Waals surface area contributed by atoms with Crippen molar-refractivity contribution in [1.29, 1.82) is 0 Å². The van der Waals surface area contributed by atoms with E-state index >= 15 is 0 Å². The highest BCUT2D eigenvalue weighted by molar-refractivity contribution is 9.10. The van der Waals surface area contributed by atoms with Gasteiger partial charge in [0.1, 0.15) is 5.82 Å². The zero-order chi connectivity index (χ0) is 10.7. The third-order valence-corrected chi connectivity index (χ3v) is 3.29. The zero-order valence-corrected chi connectivity index (χ0v) is 9.89. The molecule has 0 saturated carbocycles. The summed E-state index contributed by atoms with van der Waals surface area (Å²) in [6.45, 7) is 2.25. The predicted molar refractivity (Wildman–Crippen MR) is 60.2 cm³/mol. The Morgan fingerprint density at radius 2 is 2.40 bits per heavy atom. The van der Waals surface area contributed by atoms with Crippen LogP contribution in [0.1, 0.15) is 12.0 Å². The van der Waals surface area contributed by atoms with Crippen molar-refractivity contribution in [3.63, 3.8) is 0 Å². The van der Waals surface area contributed by atoms with E-state index in [1.165, 1.54) is 6.07 Å². The molecular weight excluding hydrogens is 261 g/mol. The minimum atomic E-state index is -0.197. The van der Waals surface area contributed by atoms with E-state index in [1.54, 1.807) is 12.1 Å². The minimum Gasteiger partial charge on any atom is -0.380 e. The normalized spacial score (nSPS) is 20.8. The number of nitrogens with one attached hydrogen (secondary N) is 1. The van der Waals surface area contributed by atoms with E-state index in [0.29, 0.717) is 12.6 Å². The fourth-order valence-corrected chi connectivity index (χ4v) is 2.02. The van der Waals surface area contributed by atoms with E-state index in [2.05, 4.69) is 21.2 Å². The first-order chi connectivity index (χ1) is 7.25. The van der Waals surface area contributed by atoms with Crippen LogP contribution >= 0.6 is 15.9 Å². The van der Waals surface area contributed by atoms with Crippen molar-refractivity contribution in [2.24, 2.45) is 0 Å². The van der Waals surface area contributed by atoms with Crippen LogP contribution in [0.25, 0.3) is 0 Å². The predicted octanol–water partition coefficient (Wildman–Crippen LogP) is 2.47. The Morgan fingerprint density at radius 3 is 3.13 bits per heavy atom. The summed E-state index contributed by atoms with van der Waals surface area (Å²) in [4.78, 5) is 0. The van der Waals surface area contributed by atoms with Crippen LogP contribution in [0.3, 0.4) is 0 Å². The molecule has 0 aliphatic carbocycles. The third kappa shape index (κ3) is 3.00. The van der Waals surface area contributed by atoms with Gasteiger partial charge < -0.3 is 10.1 Å². The van der Waals surface area contributed by atoms with Crippen LogP contribution in [-0.4, -0.2) is 19.3 Å².